The molecule has 0 radical (unpaired) electrons. The molecule has 1 unspecified atom stereocenters. The van der Waals surface area contributed by atoms with E-state index in [1.54, 1.807) is 4.57 Å². The van der Waals surface area contributed by atoms with Gasteiger partial charge in [0.2, 0.25) is 5.91 Å². The molecule has 0 saturated heterocycles. The number of carbonyl (C=O) groups is 1. The van der Waals surface area contributed by atoms with Gasteiger partial charge in [0.1, 0.15) is 5.82 Å². The molecule has 6 heteroatoms. The lowest BCUT2D eigenvalue weighted by atomic mass is 9.89. The summed E-state index contributed by atoms with van der Waals surface area (Å²) in [5.74, 6) is 0.0567. The average Bonchev–Trinajstić information content (AvgIpc) is 3.00. The van der Waals surface area contributed by atoms with E-state index in [4.69, 9.17) is 4.98 Å². The number of benzene rings is 4. The summed E-state index contributed by atoms with van der Waals surface area (Å²) in [7, 11) is 4.01. The van der Waals surface area contributed by atoms with Gasteiger partial charge in [-0.15, -0.1) is 0 Å². The number of aromatic nitrogens is 2. The third kappa shape index (κ3) is 6.04. The minimum absolute atomic E-state index is 0.0145. The lowest BCUT2D eigenvalue weighted by molar-refractivity contribution is -0.135. The molecule has 0 aliphatic carbocycles. The molecular formula is C36H38N4O2. The van der Waals surface area contributed by atoms with E-state index in [1.165, 1.54) is 0 Å². The molecule has 214 valence electrons. The summed E-state index contributed by atoms with van der Waals surface area (Å²) in [6.45, 7) is 5.22. The molecule has 6 nitrogen and oxygen atoms in total. The number of aryl methyl sites for hydroxylation is 1. The lowest BCUT2D eigenvalue weighted by Gasteiger charge is -2.36. The minimum Gasteiger partial charge on any atom is -0.330 e. The molecule has 1 amide bonds. The number of hydrogen-bond donors (Lipinski definition) is 0. The normalized spacial score (nSPS) is 12.1. The molecule has 5 aromatic rings. The Morgan fingerprint density at radius 1 is 0.810 bits per heavy atom. The average molecular weight is 559 g/mol. The van der Waals surface area contributed by atoms with Crippen LogP contribution in [0.15, 0.2) is 114 Å². The summed E-state index contributed by atoms with van der Waals surface area (Å²) in [6, 6.07) is 34.8. The smallest absolute Gasteiger partial charge is 0.266 e. The highest BCUT2D eigenvalue weighted by molar-refractivity contribution is 5.87. The van der Waals surface area contributed by atoms with Gasteiger partial charge in [0, 0.05) is 13.1 Å². The maximum atomic E-state index is 14.9. The number of hydrogen-bond acceptors (Lipinski definition) is 4. The summed E-state index contributed by atoms with van der Waals surface area (Å²) in [5.41, 5.74) is 4.14. The standard InChI is InChI=1S/C36H38N4O2/c1-5-32(34-37-31-22-13-12-21-30(31)35(41)40(34)29-20-14-15-26(2)25-29)39(24-23-38(3)4)36(42)33(27-16-8-6-9-17-27)28-18-10-7-11-19-28/h6-22,25,32-33H,5,23-24H2,1-4H3. The molecule has 0 N–H and O–H groups in total. The van der Waals surface area contributed by atoms with Crippen molar-refractivity contribution in [1.82, 2.24) is 19.4 Å². The maximum Gasteiger partial charge on any atom is 0.266 e. The molecule has 42 heavy (non-hydrogen) atoms. The van der Waals surface area contributed by atoms with Crippen molar-refractivity contribution >= 4 is 16.8 Å². The van der Waals surface area contributed by atoms with E-state index in [1.807, 2.05) is 135 Å². The van der Waals surface area contributed by atoms with Crippen LogP contribution in [0.4, 0.5) is 0 Å². The Kier molecular flexibility index (Phi) is 8.94. The van der Waals surface area contributed by atoms with Crippen LogP contribution in [0.5, 0.6) is 0 Å². The largest absolute Gasteiger partial charge is 0.330 e. The highest BCUT2D eigenvalue weighted by Crippen LogP contribution is 2.33. The lowest BCUT2D eigenvalue weighted by Crippen LogP contribution is -2.44. The fraction of sp³-hybridized carbons (Fsp3) is 0.250. The minimum atomic E-state index is -0.497. The second-order valence-electron chi connectivity index (χ2n) is 11.0. The summed E-state index contributed by atoms with van der Waals surface area (Å²) >= 11 is 0. The Morgan fingerprint density at radius 2 is 1.43 bits per heavy atom. The van der Waals surface area contributed by atoms with Gasteiger partial charge >= 0.3 is 0 Å². The quantitative estimate of drug-likeness (QED) is 0.200. The molecular weight excluding hydrogens is 520 g/mol. The molecule has 0 spiro atoms. The van der Waals surface area contributed by atoms with Crippen molar-refractivity contribution in [2.24, 2.45) is 0 Å². The van der Waals surface area contributed by atoms with Crippen LogP contribution in [-0.2, 0) is 4.79 Å². The van der Waals surface area contributed by atoms with E-state index in [2.05, 4.69) is 11.8 Å². The summed E-state index contributed by atoms with van der Waals surface area (Å²) in [4.78, 5) is 38.1. The number of rotatable bonds is 10. The molecule has 1 heterocycles. The van der Waals surface area contributed by atoms with Crippen molar-refractivity contribution in [3.8, 4) is 5.69 Å². The van der Waals surface area contributed by atoms with Crippen LogP contribution in [0, 0.1) is 6.92 Å². The van der Waals surface area contributed by atoms with E-state index in [0.29, 0.717) is 36.2 Å². The zero-order valence-corrected chi connectivity index (χ0v) is 24.8. The number of amides is 1. The van der Waals surface area contributed by atoms with E-state index in [9.17, 15) is 9.59 Å². The van der Waals surface area contributed by atoms with Crippen LogP contribution in [-0.4, -0.2) is 52.4 Å². The predicted molar refractivity (Wildman–Crippen MR) is 170 cm³/mol. The van der Waals surface area contributed by atoms with Gasteiger partial charge in [-0.05, 0) is 68.4 Å². The fourth-order valence-electron chi connectivity index (χ4n) is 5.59. The Morgan fingerprint density at radius 3 is 2.02 bits per heavy atom. The number of likely N-dealkylation sites (N-methyl/N-ethyl adjacent to an activating group) is 1. The van der Waals surface area contributed by atoms with E-state index in [0.717, 1.165) is 22.4 Å². The Labute approximate surface area is 247 Å². The van der Waals surface area contributed by atoms with Gasteiger partial charge in [0.25, 0.3) is 5.56 Å². The number of nitrogens with zero attached hydrogens (tertiary/aromatic N) is 4. The van der Waals surface area contributed by atoms with E-state index < -0.39 is 12.0 Å². The number of carbonyl (C=O) groups excluding carboxylic acids is 1. The van der Waals surface area contributed by atoms with Crippen LogP contribution >= 0.6 is 0 Å². The first-order valence-corrected chi connectivity index (χ1v) is 14.5. The first-order chi connectivity index (χ1) is 20.4. The van der Waals surface area contributed by atoms with Crippen molar-refractivity contribution in [2.75, 3.05) is 27.2 Å². The maximum absolute atomic E-state index is 14.9. The first kappa shape index (κ1) is 29.0. The topological polar surface area (TPSA) is 58.4 Å². The van der Waals surface area contributed by atoms with Crippen LogP contribution < -0.4 is 5.56 Å². The van der Waals surface area contributed by atoms with Crippen molar-refractivity contribution < 1.29 is 4.79 Å². The number of fused-ring (bicyclic) bond motifs is 1. The van der Waals surface area contributed by atoms with E-state index in [-0.39, 0.29) is 11.5 Å². The second-order valence-corrected chi connectivity index (χ2v) is 11.0. The summed E-state index contributed by atoms with van der Waals surface area (Å²) < 4.78 is 1.71. The van der Waals surface area contributed by atoms with Gasteiger partial charge in [-0.1, -0.05) is 91.9 Å². The second kappa shape index (κ2) is 13.0. The molecule has 5 rings (SSSR count). The SMILES string of the molecule is CCC(c1nc2ccccc2c(=O)n1-c1cccc(C)c1)N(CCN(C)C)C(=O)C(c1ccccc1)c1ccccc1. The molecule has 0 aliphatic heterocycles. The predicted octanol–water partition coefficient (Wildman–Crippen LogP) is 6.37. The highest BCUT2D eigenvalue weighted by atomic mass is 16.2. The molecule has 0 fully saturated rings. The monoisotopic (exact) mass is 558 g/mol. The fourth-order valence-corrected chi connectivity index (χ4v) is 5.59. The summed E-state index contributed by atoms with van der Waals surface area (Å²) in [6.07, 6.45) is 0.589. The first-order valence-electron chi connectivity index (χ1n) is 14.5. The Balaban J connectivity index is 1.73. The number of para-hydroxylation sites is 1. The molecule has 0 aliphatic rings. The Hall–Kier alpha value is -4.55. The van der Waals surface area contributed by atoms with Gasteiger partial charge in [-0.25, -0.2) is 4.98 Å². The van der Waals surface area contributed by atoms with Gasteiger partial charge < -0.3 is 9.80 Å². The van der Waals surface area contributed by atoms with Crippen molar-refractivity contribution in [3.05, 3.63) is 142 Å². The third-order valence-electron chi connectivity index (χ3n) is 7.71. The molecule has 1 atom stereocenters. The van der Waals surface area contributed by atoms with Gasteiger partial charge in [-0.2, -0.15) is 0 Å². The van der Waals surface area contributed by atoms with Crippen molar-refractivity contribution in [2.45, 2.75) is 32.2 Å². The van der Waals surface area contributed by atoms with Crippen LogP contribution in [0.2, 0.25) is 0 Å². The van der Waals surface area contributed by atoms with Gasteiger partial charge in [0.15, 0.2) is 0 Å². The Bertz CT molecular complexity index is 1670. The zero-order valence-electron chi connectivity index (χ0n) is 24.8. The van der Waals surface area contributed by atoms with E-state index >= 15 is 0 Å². The van der Waals surface area contributed by atoms with Gasteiger partial charge in [-0.3, -0.25) is 14.2 Å². The third-order valence-corrected chi connectivity index (χ3v) is 7.71. The van der Waals surface area contributed by atoms with Crippen LogP contribution in [0.3, 0.4) is 0 Å². The van der Waals surface area contributed by atoms with Gasteiger partial charge in [0.05, 0.1) is 28.6 Å². The van der Waals surface area contributed by atoms with Crippen molar-refractivity contribution in [3.63, 3.8) is 0 Å². The molecule has 0 saturated carbocycles. The zero-order chi connectivity index (χ0) is 29.6. The highest BCUT2D eigenvalue weighted by Gasteiger charge is 2.34. The summed E-state index contributed by atoms with van der Waals surface area (Å²) in [5, 5.41) is 0.551. The van der Waals surface area contributed by atoms with Crippen LogP contribution in [0.25, 0.3) is 16.6 Å². The molecule has 1 aromatic heterocycles. The molecule has 4 aromatic carbocycles. The molecule has 0 bridgehead atoms. The van der Waals surface area contributed by atoms with Crippen LogP contribution in [0.1, 0.15) is 47.8 Å². The van der Waals surface area contributed by atoms with Crippen molar-refractivity contribution in [1.29, 1.82) is 0 Å².